The Morgan fingerprint density at radius 1 is 0.864 bits per heavy atom. The Labute approximate surface area is 128 Å². The van der Waals surface area contributed by atoms with Crippen molar-refractivity contribution in [1.29, 1.82) is 0 Å². The summed E-state index contributed by atoms with van der Waals surface area (Å²) in [5, 5.41) is 0. The van der Waals surface area contributed by atoms with Crippen LogP contribution in [0.15, 0.2) is 84.0 Å². The van der Waals surface area contributed by atoms with Gasteiger partial charge in [-0.2, -0.15) is 0 Å². The van der Waals surface area contributed by atoms with Crippen LogP contribution in [0, 0.1) is 0 Å². The average molecular weight is 290 g/mol. The van der Waals surface area contributed by atoms with E-state index in [9.17, 15) is 4.79 Å². The van der Waals surface area contributed by atoms with Crippen molar-refractivity contribution in [2.45, 2.75) is 0 Å². The summed E-state index contributed by atoms with van der Waals surface area (Å²) in [6, 6.07) is 19.9. The molecule has 0 N–H and O–H groups in total. The predicted octanol–water partition coefficient (Wildman–Crippen LogP) is 4.97. The van der Waals surface area contributed by atoms with Gasteiger partial charge >= 0.3 is 0 Å². The van der Waals surface area contributed by atoms with E-state index in [1.165, 1.54) is 6.26 Å². The molecular formula is C19H14O3. The Kier molecular flexibility index (Phi) is 3.88. The second kappa shape index (κ2) is 6.14. The first-order chi connectivity index (χ1) is 10.7. The maximum absolute atomic E-state index is 12.3. The molecule has 0 aliphatic heterocycles. The normalized spacial score (nSPS) is 10.2. The Balaban J connectivity index is 1.74. The highest BCUT2D eigenvalue weighted by Gasteiger charge is 2.14. The van der Waals surface area contributed by atoms with Gasteiger partial charge in [0.15, 0.2) is 5.78 Å². The Morgan fingerprint density at radius 2 is 1.55 bits per heavy atom. The molecule has 0 saturated heterocycles. The van der Waals surface area contributed by atoms with Crippen molar-refractivity contribution >= 4 is 11.4 Å². The van der Waals surface area contributed by atoms with Crippen molar-refractivity contribution in [2.75, 3.05) is 0 Å². The van der Waals surface area contributed by atoms with Crippen LogP contribution in [0.4, 0.5) is 0 Å². The maximum atomic E-state index is 12.3. The lowest BCUT2D eigenvalue weighted by Gasteiger charge is -2.06. The molecule has 0 amide bonds. The SMILES string of the molecule is C=C(C(=O)c1ccc(Oc2ccccc2)cc1)c1ccco1. The summed E-state index contributed by atoms with van der Waals surface area (Å²) in [4.78, 5) is 12.3. The second-order valence-corrected chi connectivity index (χ2v) is 4.72. The molecule has 22 heavy (non-hydrogen) atoms. The van der Waals surface area contributed by atoms with Gasteiger partial charge < -0.3 is 9.15 Å². The van der Waals surface area contributed by atoms with Gasteiger partial charge in [-0.15, -0.1) is 0 Å². The monoisotopic (exact) mass is 290 g/mol. The van der Waals surface area contributed by atoms with Crippen LogP contribution in [0.2, 0.25) is 0 Å². The highest BCUT2D eigenvalue weighted by molar-refractivity contribution is 6.27. The van der Waals surface area contributed by atoms with Crippen LogP contribution < -0.4 is 4.74 Å². The van der Waals surface area contributed by atoms with E-state index in [1.807, 2.05) is 30.3 Å². The smallest absolute Gasteiger partial charge is 0.196 e. The summed E-state index contributed by atoms with van der Waals surface area (Å²) in [5.74, 6) is 1.74. The molecule has 2 aromatic carbocycles. The van der Waals surface area contributed by atoms with Crippen LogP contribution in [0.25, 0.3) is 5.57 Å². The van der Waals surface area contributed by atoms with Gasteiger partial charge in [0, 0.05) is 5.56 Å². The minimum absolute atomic E-state index is 0.166. The number of hydrogen-bond acceptors (Lipinski definition) is 3. The zero-order valence-electron chi connectivity index (χ0n) is 11.9. The van der Waals surface area contributed by atoms with Gasteiger partial charge in [0.05, 0.1) is 11.8 Å². The quantitative estimate of drug-likeness (QED) is 0.492. The van der Waals surface area contributed by atoms with Crippen LogP contribution in [0.5, 0.6) is 11.5 Å². The summed E-state index contributed by atoms with van der Waals surface area (Å²) in [7, 11) is 0. The fourth-order valence-electron chi connectivity index (χ4n) is 2.04. The Morgan fingerprint density at radius 3 is 2.18 bits per heavy atom. The standard InChI is InChI=1S/C19H14O3/c1-14(18-8-5-13-21-18)19(20)15-9-11-17(12-10-15)22-16-6-3-2-4-7-16/h2-13H,1H2. The minimum Gasteiger partial charge on any atom is -0.464 e. The number of carbonyl (C=O) groups is 1. The molecule has 0 saturated carbocycles. The van der Waals surface area contributed by atoms with E-state index in [0.29, 0.717) is 22.6 Å². The van der Waals surface area contributed by atoms with E-state index in [2.05, 4.69) is 6.58 Å². The van der Waals surface area contributed by atoms with Crippen LogP contribution >= 0.6 is 0 Å². The number of Topliss-reactive ketones (excluding diaryl/α,β-unsaturated/α-hetero) is 1. The molecule has 1 heterocycles. The fourth-order valence-corrected chi connectivity index (χ4v) is 2.04. The van der Waals surface area contributed by atoms with Gasteiger partial charge in [-0.1, -0.05) is 24.8 Å². The van der Waals surface area contributed by atoms with Gasteiger partial charge in [0.1, 0.15) is 17.3 Å². The molecule has 108 valence electrons. The third-order valence-electron chi connectivity index (χ3n) is 3.19. The van der Waals surface area contributed by atoms with Gasteiger partial charge in [-0.25, -0.2) is 0 Å². The minimum atomic E-state index is -0.166. The Bertz CT molecular complexity index is 769. The molecule has 3 aromatic rings. The number of ketones is 1. The van der Waals surface area contributed by atoms with Crippen LogP contribution in [-0.4, -0.2) is 5.78 Å². The molecule has 0 aliphatic rings. The predicted molar refractivity (Wildman–Crippen MR) is 85.0 cm³/mol. The molecule has 1 aromatic heterocycles. The Hall–Kier alpha value is -3.07. The summed E-state index contributed by atoms with van der Waals surface area (Å²) in [5.41, 5.74) is 0.878. The molecule has 3 heteroatoms. The molecule has 3 rings (SSSR count). The van der Waals surface area contributed by atoms with Crippen molar-refractivity contribution in [2.24, 2.45) is 0 Å². The van der Waals surface area contributed by atoms with Crippen molar-refractivity contribution in [3.8, 4) is 11.5 Å². The number of carbonyl (C=O) groups excluding carboxylic acids is 1. The van der Waals surface area contributed by atoms with E-state index in [-0.39, 0.29) is 5.78 Å². The number of ether oxygens (including phenoxy) is 1. The van der Waals surface area contributed by atoms with Crippen molar-refractivity contribution in [1.82, 2.24) is 0 Å². The van der Waals surface area contributed by atoms with E-state index in [4.69, 9.17) is 9.15 Å². The third-order valence-corrected chi connectivity index (χ3v) is 3.19. The summed E-state index contributed by atoms with van der Waals surface area (Å²) in [6.07, 6.45) is 1.52. The van der Waals surface area contributed by atoms with Gasteiger partial charge in [0.2, 0.25) is 0 Å². The first-order valence-corrected chi connectivity index (χ1v) is 6.84. The molecule has 0 fully saturated rings. The zero-order chi connectivity index (χ0) is 15.4. The van der Waals surface area contributed by atoms with Gasteiger partial charge in [0.25, 0.3) is 0 Å². The molecule has 0 atom stereocenters. The highest BCUT2D eigenvalue weighted by Crippen LogP contribution is 2.23. The molecule has 0 spiro atoms. The van der Waals surface area contributed by atoms with Crippen molar-refractivity contribution in [3.63, 3.8) is 0 Å². The van der Waals surface area contributed by atoms with E-state index in [0.717, 1.165) is 5.75 Å². The molecule has 0 aliphatic carbocycles. The number of hydrogen-bond donors (Lipinski definition) is 0. The van der Waals surface area contributed by atoms with E-state index >= 15 is 0 Å². The number of rotatable bonds is 5. The largest absolute Gasteiger partial charge is 0.464 e. The number of para-hydroxylation sites is 1. The van der Waals surface area contributed by atoms with Crippen LogP contribution in [0.3, 0.4) is 0 Å². The lowest BCUT2D eigenvalue weighted by Crippen LogP contribution is -2.00. The topological polar surface area (TPSA) is 39.4 Å². The van der Waals surface area contributed by atoms with Gasteiger partial charge in [-0.3, -0.25) is 4.79 Å². The van der Waals surface area contributed by atoms with E-state index < -0.39 is 0 Å². The summed E-state index contributed by atoms with van der Waals surface area (Å²) < 4.78 is 10.9. The molecular weight excluding hydrogens is 276 g/mol. The number of furan rings is 1. The van der Waals surface area contributed by atoms with E-state index in [1.54, 1.807) is 36.4 Å². The number of benzene rings is 2. The van der Waals surface area contributed by atoms with Gasteiger partial charge in [-0.05, 0) is 48.5 Å². The maximum Gasteiger partial charge on any atom is 0.196 e. The molecule has 0 bridgehead atoms. The molecule has 3 nitrogen and oxygen atoms in total. The fraction of sp³-hybridized carbons (Fsp3) is 0. The second-order valence-electron chi connectivity index (χ2n) is 4.72. The number of allylic oxidation sites excluding steroid dienone is 1. The molecule has 0 unspecified atom stereocenters. The van der Waals surface area contributed by atoms with Crippen molar-refractivity contribution < 1.29 is 13.9 Å². The zero-order valence-corrected chi connectivity index (χ0v) is 11.9. The van der Waals surface area contributed by atoms with Crippen molar-refractivity contribution in [3.05, 3.63) is 90.9 Å². The molecule has 0 radical (unpaired) electrons. The lowest BCUT2D eigenvalue weighted by atomic mass is 10.0. The lowest BCUT2D eigenvalue weighted by molar-refractivity contribution is 0.105. The average Bonchev–Trinajstić information content (AvgIpc) is 3.10. The highest BCUT2D eigenvalue weighted by atomic mass is 16.5. The first kappa shape index (κ1) is 13.9. The van der Waals surface area contributed by atoms with Crippen LogP contribution in [0.1, 0.15) is 16.1 Å². The third kappa shape index (κ3) is 2.99. The van der Waals surface area contributed by atoms with Crippen LogP contribution in [-0.2, 0) is 0 Å². The summed E-state index contributed by atoms with van der Waals surface area (Å²) in [6.45, 7) is 3.79. The summed E-state index contributed by atoms with van der Waals surface area (Å²) >= 11 is 0. The first-order valence-electron chi connectivity index (χ1n) is 6.84.